The first-order valence-corrected chi connectivity index (χ1v) is 10.3. The van der Waals surface area contributed by atoms with Crippen LogP contribution in [0.3, 0.4) is 0 Å². The van der Waals surface area contributed by atoms with Crippen molar-refractivity contribution in [1.82, 2.24) is 19.9 Å². The summed E-state index contributed by atoms with van der Waals surface area (Å²) in [7, 11) is 0. The van der Waals surface area contributed by atoms with Crippen molar-refractivity contribution in [1.29, 1.82) is 0 Å². The van der Waals surface area contributed by atoms with Crippen LogP contribution in [0.1, 0.15) is 50.4 Å². The second-order valence-electron chi connectivity index (χ2n) is 8.41. The Morgan fingerprint density at radius 1 is 1.20 bits per heavy atom. The summed E-state index contributed by atoms with van der Waals surface area (Å²) in [6, 6.07) is 10.1. The van der Waals surface area contributed by atoms with Gasteiger partial charge in [-0.3, -0.25) is 0 Å². The van der Waals surface area contributed by atoms with Crippen molar-refractivity contribution in [2.45, 2.75) is 59.1 Å². The number of aliphatic hydroxyl groups is 1. The van der Waals surface area contributed by atoms with Crippen LogP contribution in [0.25, 0.3) is 16.9 Å². The van der Waals surface area contributed by atoms with Crippen LogP contribution in [-0.2, 0) is 17.7 Å². The summed E-state index contributed by atoms with van der Waals surface area (Å²) >= 11 is 0. The lowest BCUT2D eigenvalue weighted by Crippen LogP contribution is -2.32. The largest absolute Gasteiger partial charge is 0.444 e. The monoisotopic (exact) mass is 410 g/mol. The van der Waals surface area contributed by atoms with Gasteiger partial charge in [-0.1, -0.05) is 12.1 Å². The zero-order chi connectivity index (χ0) is 21.7. The molecule has 7 nitrogen and oxygen atoms in total. The molecule has 0 saturated carbocycles. The molecule has 30 heavy (non-hydrogen) atoms. The van der Waals surface area contributed by atoms with Gasteiger partial charge in [0, 0.05) is 31.0 Å². The molecule has 0 aliphatic rings. The fourth-order valence-corrected chi connectivity index (χ4v) is 3.24. The van der Waals surface area contributed by atoms with Gasteiger partial charge in [0.2, 0.25) is 0 Å². The maximum absolute atomic E-state index is 11.9. The van der Waals surface area contributed by atoms with Gasteiger partial charge in [-0.15, -0.1) is 0 Å². The number of rotatable bonds is 7. The van der Waals surface area contributed by atoms with Crippen LogP contribution in [0.2, 0.25) is 0 Å². The molecule has 1 aromatic carbocycles. The number of fused-ring (bicyclic) bond motifs is 1. The first-order valence-electron chi connectivity index (χ1n) is 10.3. The van der Waals surface area contributed by atoms with Crippen LogP contribution in [0.5, 0.6) is 0 Å². The van der Waals surface area contributed by atoms with Gasteiger partial charge in [0.25, 0.3) is 0 Å². The van der Waals surface area contributed by atoms with Crippen LogP contribution in [-0.4, -0.2) is 38.0 Å². The highest BCUT2D eigenvalue weighted by Crippen LogP contribution is 2.23. The highest BCUT2D eigenvalue weighted by molar-refractivity contribution is 5.68. The second kappa shape index (κ2) is 9.26. The minimum absolute atomic E-state index is 0.200. The van der Waals surface area contributed by atoms with E-state index >= 15 is 0 Å². The van der Waals surface area contributed by atoms with Crippen molar-refractivity contribution >= 4 is 11.7 Å². The molecule has 1 amide bonds. The van der Waals surface area contributed by atoms with Gasteiger partial charge in [-0.25, -0.2) is 14.3 Å². The van der Waals surface area contributed by atoms with Crippen molar-refractivity contribution in [3.63, 3.8) is 0 Å². The molecule has 2 aromatic heterocycles. The molecule has 7 heteroatoms. The summed E-state index contributed by atoms with van der Waals surface area (Å²) in [6.07, 6.45) is 3.85. The fourth-order valence-electron chi connectivity index (χ4n) is 3.24. The highest BCUT2D eigenvalue weighted by Gasteiger charge is 2.16. The number of aliphatic hydroxyl groups excluding tert-OH is 1. The van der Waals surface area contributed by atoms with Crippen LogP contribution < -0.4 is 5.32 Å². The van der Waals surface area contributed by atoms with Gasteiger partial charge in [-0.05, 0) is 70.2 Å². The van der Waals surface area contributed by atoms with E-state index in [-0.39, 0.29) is 6.61 Å². The molecule has 0 bridgehead atoms. The number of benzene rings is 1. The van der Waals surface area contributed by atoms with Crippen molar-refractivity contribution < 1.29 is 14.6 Å². The van der Waals surface area contributed by atoms with E-state index in [2.05, 4.69) is 16.4 Å². The summed E-state index contributed by atoms with van der Waals surface area (Å²) < 4.78 is 7.16. The van der Waals surface area contributed by atoms with Gasteiger partial charge >= 0.3 is 6.09 Å². The molecule has 0 aliphatic carbocycles. The average Bonchev–Trinajstić information content (AvgIpc) is 3.08. The van der Waals surface area contributed by atoms with Gasteiger partial charge in [-0.2, -0.15) is 5.10 Å². The molecule has 160 valence electrons. The standard InChI is InChI=1S/C23H30N4O3/c1-16-13-17(8-9-18(16)15-25-22(29)30-23(2,3)4)20-10-11-24-21-14-19(26-27(20)21)7-5-6-12-28/h8-11,13-14,28H,5-7,12,15H2,1-4H3,(H,25,29). The van der Waals surface area contributed by atoms with E-state index < -0.39 is 11.7 Å². The first-order chi connectivity index (χ1) is 14.3. The summed E-state index contributed by atoms with van der Waals surface area (Å²) in [5, 5.41) is 16.5. The van der Waals surface area contributed by atoms with Crippen LogP contribution in [0.15, 0.2) is 36.5 Å². The minimum Gasteiger partial charge on any atom is -0.444 e. The van der Waals surface area contributed by atoms with E-state index in [1.165, 1.54) is 0 Å². The SMILES string of the molecule is Cc1cc(-c2ccnc3cc(CCCCO)nn23)ccc1CNC(=O)OC(C)(C)C. The number of aryl methyl sites for hydroxylation is 2. The number of hydrogen-bond acceptors (Lipinski definition) is 5. The van der Waals surface area contributed by atoms with E-state index in [0.29, 0.717) is 6.54 Å². The molecular formula is C23H30N4O3. The third kappa shape index (κ3) is 5.57. The first kappa shape index (κ1) is 21.8. The molecule has 0 spiro atoms. The van der Waals surface area contributed by atoms with E-state index in [1.54, 1.807) is 6.20 Å². The van der Waals surface area contributed by atoms with E-state index in [4.69, 9.17) is 14.9 Å². The summed E-state index contributed by atoms with van der Waals surface area (Å²) in [5.41, 5.74) is 5.35. The van der Waals surface area contributed by atoms with Gasteiger partial charge < -0.3 is 15.2 Å². The number of alkyl carbamates (subject to hydrolysis) is 1. The maximum atomic E-state index is 11.9. The Labute approximate surface area is 177 Å². The highest BCUT2D eigenvalue weighted by atomic mass is 16.6. The van der Waals surface area contributed by atoms with E-state index in [0.717, 1.165) is 53.0 Å². The molecule has 0 fully saturated rings. The number of carbonyl (C=O) groups excluding carboxylic acids is 1. The Kier molecular flexibility index (Phi) is 6.72. The molecule has 0 unspecified atom stereocenters. The lowest BCUT2D eigenvalue weighted by molar-refractivity contribution is 0.0523. The number of carbonyl (C=O) groups is 1. The molecule has 0 radical (unpaired) electrons. The van der Waals surface area contributed by atoms with Gasteiger partial charge in [0.05, 0.1) is 11.4 Å². The normalized spacial score (nSPS) is 11.6. The third-order valence-corrected chi connectivity index (χ3v) is 4.71. The van der Waals surface area contributed by atoms with Gasteiger partial charge in [0.1, 0.15) is 5.60 Å². The Bertz CT molecular complexity index is 1020. The van der Waals surface area contributed by atoms with E-state index in [1.807, 2.05) is 56.5 Å². The smallest absolute Gasteiger partial charge is 0.407 e. The molecule has 0 aliphatic heterocycles. The Morgan fingerprint density at radius 2 is 2.00 bits per heavy atom. The molecule has 0 saturated heterocycles. The zero-order valence-electron chi connectivity index (χ0n) is 18.1. The average molecular weight is 411 g/mol. The van der Waals surface area contributed by atoms with Gasteiger partial charge in [0.15, 0.2) is 5.65 Å². The predicted molar refractivity (Wildman–Crippen MR) is 116 cm³/mol. The molecule has 2 N–H and O–H groups in total. The Morgan fingerprint density at radius 3 is 2.70 bits per heavy atom. The number of amides is 1. The predicted octanol–water partition coefficient (Wildman–Crippen LogP) is 4.04. The number of ether oxygens (including phenoxy) is 1. The Balaban J connectivity index is 1.77. The summed E-state index contributed by atoms with van der Waals surface area (Å²) in [6.45, 7) is 8.16. The quantitative estimate of drug-likeness (QED) is 0.574. The Hall–Kier alpha value is -2.93. The maximum Gasteiger partial charge on any atom is 0.407 e. The zero-order valence-corrected chi connectivity index (χ0v) is 18.1. The third-order valence-electron chi connectivity index (χ3n) is 4.71. The molecular weight excluding hydrogens is 380 g/mol. The molecule has 3 rings (SSSR count). The van der Waals surface area contributed by atoms with Crippen molar-refractivity contribution in [3.05, 3.63) is 53.3 Å². The summed E-state index contributed by atoms with van der Waals surface area (Å²) in [5.74, 6) is 0. The number of nitrogens with one attached hydrogen (secondary N) is 1. The summed E-state index contributed by atoms with van der Waals surface area (Å²) in [4.78, 5) is 16.3. The second-order valence-corrected chi connectivity index (χ2v) is 8.41. The van der Waals surface area contributed by atoms with Crippen molar-refractivity contribution in [3.8, 4) is 11.3 Å². The minimum atomic E-state index is -0.517. The number of nitrogens with zero attached hydrogens (tertiary/aromatic N) is 3. The van der Waals surface area contributed by atoms with E-state index in [9.17, 15) is 4.79 Å². The van der Waals surface area contributed by atoms with Crippen LogP contribution >= 0.6 is 0 Å². The van der Waals surface area contributed by atoms with Crippen LogP contribution in [0.4, 0.5) is 4.79 Å². The van der Waals surface area contributed by atoms with Crippen molar-refractivity contribution in [2.24, 2.45) is 0 Å². The molecule has 0 atom stereocenters. The fraction of sp³-hybridized carbons (Fsp3) is 0.435. The number of hydrogen-bond donors (Lipinski definition) is 2. The van der Waals surface area contributed by atoms with Crippen LogP contribution in [0, 0.1) is 6.92 Å². The molecule has 2 heterocycles. The number of unbranched alkanes of at least 4 members (excludes halogenated alkanes) is 1. The molecule has 3 aromatic rings. The lowest BCUT2D eigenvalue weighted by atomic mass is 10.0. The van der Waals surface area contributed by atoms with Crippen molar-refractivity contribution in [2.75, 3.05) is 6.61 Å². The number of aromatic nitrogens is 3. The lowest BCUT2D eigenvalue weighted by Gasteiger charge is -2.20. The topological polar surface area (TPSA) is 88.8 Å².